The van der Waals surface area contributed by atoms with Gasteiger partial charge < -0.3 is 9.09 Å². The van der Waals surface area contributed by atoms with Gasteiger partial charge in [-0.3, -0.25) is 4.79 Å². The van der Waals surface area contributed by atoms with Crippen molar-refractivity contribution in [1.29, 1.82) is 0 Å². The van der Waals surface area contributed by atoms with E-state index in [0.717, 1.165) is 10.6 Å². The lowest BCUT2D eigenvalue weighted by Gasteiger charge is -2.17. The van der Waals surface area contributed by atoms with Gasteiger partial charge in [0.05, 0.1) is 15.7 Å². The predicted molar refractivity (Wildman–Crippen MR) is 94.8 cm³/mol. The van der Waals surface area contributed by atoms with Gasteiger partial charge in [-0.2, -0.15) is 0 Å². The minimum atomic E-state index is -3.02. The van der Waals surface area contributed by atoms with E-state index in [-0.39, 0.29) is 33.0 Å². The molecule has 0 N–H and O–H groups in total. The van der Waals surface area contributed by atoms with E-state index in [1.54, 1.807) is 0 Å². The zero-order chi connectivity index (χ0) is 20.7. The molecule has 0 atom stereocenters. The molecular formula is C17H9BrClF5N2O2. The van der Waals surface area contributed by atoms with E-state index in [4.69, 9.17) is 11.6 Å². The Morgan fingerprint density at radius 3 is 2.32 bits per heavy atom. The second kappa shape index (κ2) is 7.67. The molecule has 0 saturated carbocycles. The third kappa shape index (κ3) is 3.35. The van der Waals surface area contributed by atoms with Crippen molar-refractivity contribution in [2.45, 2.75) is 19.9 Å². The maximum Gasteiger partial charge on any atom is 0.299 e. The number of hydrogen-bond acceptors (Lipinski definition) is 3. The third-order valence-corrected chi connectivity index (χ3v) is 4.96. The quantitative estimate of drug-likeness (QED) is 0.430. The van der Waals surface area contributed by atoms with Crippen LogP contribution in [0.25, 0.3) is 22.5 Å². The zero-order valence-corrected chi connectivity index (χ0v) is 16.2. The van der Waals surface area contributed by atoms with Crippen LogP contribution < -0.4 is 5.56 Å². The van der Waals surface area contributed by atoms with Gasteiger partial charge in [0.25, 0.3) is 12.0 Å². The molecule has 4 nitrogen and oxygen atoms in total. The van der Waals surface area contributed by atoms with Crippen LogP contribution in [0.3, 0.4) is 0 Å². The Bertz CT molecular complexity index is 1110. The van der Waals surface area contributed by atoms with E-state index < -0.39 is 40.8 Å². The van der Waals surface area contributed by atoms with Crippen LogP contribution in [0.15, 0.2) is 32.0 Å². The summed E-state index contributed by atoms with van der Waals surface area (Å²) in [6.07, 6.45) is -3.02. The van der Waals surface area contributed by atoms with E-state index in [1.807, 2.05) is 0 Å². The SMILES string of the molecule is CCn1c(-c2c(F)cc(F)cc2F)c(-c2noc(C(F)F)c2Br)cc(Cl)c1=O. The van der Waals surface area contributed by atoms with Crippen molar-refractivity contribution in [2.75, 3.05) is 0 Å². The second-order valence-electron chi connectivity index (χ2n) is 5.56. The van der Waals surface area contributed by atoms with Gasteiger partial charge in [-0.15, -0.1) is 0 Å². The first kappa shape index (κ1) is 20.5. The number of rotatable bonds is 4. The maximum absolute atomic E-state index is 14.5. The summed E-state index contributed by atoms with van der Waals surface area (Å²) < 4.78 is 73.6. The van der Waals surface area contributed by atoms with Gasteiger partial charge in [-0.25, -0.2) is 22.0 Å². The van der Waals surface area contributed by atoms with Gasteiger partial charge in [-0.1, -0.05) is 16.8 Å². The highest BCUT2D eigenvalue weighted by molar-refractivity contribution is 9.10. The molecule has 0 amide bonds. The van der Waals surface area contributed by atoms with Crippen molar-refractivity contribution in [2.24, 2.45) is 0 Å². The summed E-state index contributed by atoms with van der Waals surface area (Å²) in [4.78, 5) is 12.4. The number of hydrogen-bond donors (Lipinski definition) is 0. The Labute approximate surface area is 167 Å². The molecule has 2 aromatic heterocycles. The summed E-state index contributed by atoms with van der Waals surface area (Å²) in [5, 5.41) is 3.19. The van der Waals surface area contributed by atoms with Crippen LogP contribution in [0.2, 0.25) is 5.02 Å². The molecule has 148 valence electrons. The molecule has 0 saturated heterocycles. The van der Waals surface area contributed by atoms with Gasteiger partial charge in [-0.05, 0) is 28.9 Å². The normalized spacial score (nSPS) is 11.5. The van der Waals surface area contributed by atoms with Crippen LogP contribution in [0, 0.1) is 17.5 Å². The van der Waals surface area contributed by atoms with E-state index in [9.17, 15) is 26.7 Å². The Morgan fingerprint density at radius 1 is 1.21 bits per heavy atom. The molecule has 0 unspecified atom stereocenters. The minimum absolute atomic E-state index is 0.0742. The van der Waals surface area contributed by atoms with Crippen molar-refractivity contribution in [3.8, 4) is 22.5 Å². The maximum atomic E-state index is 14.5. The Hall–Kier alpha value is -2.20. The number of benzene rings is 1. The van der Waals surface area contributed by atoms with Crippen LogP contribution in [0.1, 0.15) is 19.1 Å². The largest absolute Gasteiger partial charge is 0.353 e. The van der Waals surface area contributed by atoms with Crippen molar-refractivity contribution in [3.05, 3.63) is 61.3 Å². The lowest BCUT2D eigenvalue weighted by molar-refractivity contribution is 0.111. The second-order valence-corrected chi connectivity index (χ2v) is 6.76. The molecule has 0 spiro atoms. The van der Waals surface area contributed by atoms with Crippen molar-refractivity contribution >= 4 is 27.5 Å². The zero-order valence-electron chi connectivity index (χ0n) is 13.9. The van der Waals surface area contributed by atoms with Crippen LogP contribution >= 0.6 is 27.5 Å². The Kier molecular flexibility index (Phi) is 5.62. The molecule has 0 fully saturated rings. The molecular weight excluding hydrogens is 475 g/mol. The van der Waals surface area contributed by atoms with Gasteiger partial charge in [0.2, 0.25) is 5.76 Å². The van der Waals surface area contributed by atoms with Crippen LogP contribution in [0.5, 0.6) is 0 Å². The molecule has 3 aromatic rings. The molecule has 0 aliphatic carbocycles. The van der Waals surface area contributed by atoms with E-state index in [0.29, 0.717) is 12.1 Å². The van der Waals surface area contributed by atoms with E-state index in [2.05, 4.69) is 25.6 Å². The summed E-state index contributed by atoms with van der Waals surface area (Å²) >= 11 is 8.85. The molecule has 3 rings (SSSR count). The number of aromatic nitrogens is 2. The topological polar surface area (TPSA) is 48.0 Å². The number of halogens is 7. The molecule has 0 bridgehead atoms. The van der Waals surface area contributed by atoms with Crippen molar-refractivity contribution < 1.29 is 26.5 Å². The molecule has 11 heteroatoms. The Balaban J connectivity index is 2.47. The summed E-state index contributed by atoms with van der Waals surface area (Å²) in [6.45, 7) is 1.43. The minimum Gasteiger partial charge on any atom is -0.353 e. The average Bonchev–Trinajstić information content (AvgIpc) is 2.98. The average molecular weight is 484 g/mol. The highest BCUT2D eigenvalue weighted by Crippen LogP contribution is 2.41. The molecule has 0 aliphatic heterocycles. The molecule has 0 radical (unpaired) electrons. The van der Waals surface area contributed by atoms with Gasteiger partial charge in [0.1, 0.15) is 28.2 Å². The number of nitrogens with zero attached hydrogens (tertiary/aromatic N) is 2. The fourth-order valence-corrected chi connectivity index (χ4v) is 3.49. The highest BCUT2D eigenvalue weighted by Gasteiger charge is 2.29. The molecule has 0 aliphatic rings. The fraction of sp³-hybridized carbons (Fsp3) is 0.176. The summed E-state index contributed by atoms with van der Waals surface area (Å²) in [6, 6.07) is 1.90. The first-order chi connectivity index (χ1) is 13.2. The van der Waals surface area contributed by atoms with Crippen LogP contribution in [-0.2, 0) is 6.54 Å². The van der Waals surface area contributed by atoms with Gasteiger partial charge >= 0.3 is 0 Å². The van der Waals surface area contributed by atoms with Gasteiger partial charge in [0, 0.05) is 24.2 Å². The third-order valence-electron chi connectivity index (χ3n) is 3.92. The van der Waals surface area contributed by atoms with Crippen LogP contribution in [0.4, 0.5) is 22.0 Å². The smallest absolute Gasteiger partial charge is 0.299 e. The predicted octanol–water partition coefficient (Wildman–Crippen LogP) is 5.96. The first-order valence-corrected chi connectivity index (χ1v) is 8.86. The molecule has 1 aromatic carbocycles. The number of alkyl halides is 2. The molecule has 28 heavy (non-hydrogen) atoms. The number of pyridine rings is 1. The van der Waals surface area contributed by atoms with Crippen molar-refractivity contribution in [3.63, 3.8) is 0 Å². The standard InChI is InChI=1S/C17H9BrClF5N2O2/c1-2-26-14(11-9(21)3-6(20)4-10(11)22)7(5-8(19)17(26)27)13-12(18)15(16(23)24)28-25-13/h3-5,16H,2H2,1H3. The summed E-state index contributed by atoms with van der Waals surface area (Å²) in [7, 11) is 0. The first-order valence-electron chi connectivity index (χ1n) is 7.69. The monoisotopic (exact) mass is 482 g/mol. The molecule has 2 heterocycles. The van der Waals surface area contributed by atoms with Crippen LogP contribution in [-0.4, -0.2) is 9.72 Å². The summed E-state index contributed by atoms with van der Waals surface area (Å²) in [5.74, 6) is -4.57. The van der Waals surface area contributed by atoms with E-state index >= 15 is 0 Å². The van der Waals surface area contributed by atoms with Crippen molar-refractivity contribution in [1.82, 2.24) is 9.72 Å². The fourth-order valence-electron chi connectivity index (χ4n) is 2.75. The lowest BCUT2D eigenvalue weighted by atomic mass is 10.0. The lowest BCUT2D eigenvalue weighted by Crippen LogP contribution is -2.23. The van der Waals surface area contributed by atoms with E-state index in [1.165, 1.54) is 6.92 Å². The Morgan fingerprint density at radius 2 is 1.82 bits per heavy atom. The van der Waals surface area contributed by atoms with Gasteiger partial charge in [0.15, 0.2) is 0 Å². The highest BCUT2D eigenvalue weighted by atomic mass is 79.9. The summed E-state index contributed by atoms with van der Waals surface area (Å²) in [5.41, 5.74) is -2.27.